The Labute approximate surface area is 94.4 Å². The number of nitriles is 2. The fourth-order valence-corrected chi connectivity index (χ4v) is 2.42. The van der Waals surface area contributed by atoms with Gasteiger partial charge in [-0.2, -0.15) is 10.5 Å². The first-order valence-corrected chi connectivity index (χ1v) is 4.80. The lowest BCUT2D eigenvalue weighted by atomic mass is 9.99. The minimum Gasteiger partial charge on any atom is -0.205 e. The van der Waals surface area contributed by atoms with Crippen LogP contribution in [0.15, 0.2) is 23.3 Å². The number of alkyl halides is 4. The minimum absolute atomic E-state index is 0.400. The first kappa shape index (κ1) is 11.7. The third-order valence-electron chi connectivity index (χ3n) is 3.27. The summed E-state index contributed by atoms with van der Waals surface area (Å²) in [4.78, 5) is 0. The molecule has 0 saturated heterocycles. The van der Waals surface area contributed by atoms with E-state index in [0.29, 0.717) is 0 Å². The number of rotatable bonds is 2. The van der Waals surface area contributed by atoms with Crippen LogP contribution in [-0.4, -0.2) is 12.9 Å². The number of nitrogens with zero attached hydrogens (tertiary/aromatic N) is 2. The molecule has 0 N–H and O–H groups in total. The summed E-state index contributed by atoms with van der Waals surface area (Å²) in [6.07, 6.45) is -3.85. The average molecular weight is 242 g/mol. The van der Waals surface area contributed by atoms with E-state index < -0.39 is 41.2 Å². The van der Waals surface area contributed by atoms with E-state index in [1.165, 1.54) is 0 Å². The minimum atomic E-state index is -2.83. The summed E-state index contributed by atoms with van der Waals surface area (Å²) < 4.78 is 50.6. The molecule has 0 aromatic carbocycles. The molecular formula is C11H6F4N2. The number of fused-ring (bicyclic) bond motifs is 1. The summed E-state index contributed by atoms with van der Waals surface area (Å²) in [5, 5.41) is 17.7. The van der Waals surface area contributed by atoms with Crippen molar-refractivity contribution in [2.45, 2.75) is 12.9 Å². The highest BCUT2D eigenvalue weighted by Gasteiger charge is 2.71. The molecule has 6 heteroatoms. The Balaban J connectivity index is 2.48. The molecule has 17 heavy (non-hydrogen) atoms. The molecule has 0 bridgehead atoms. The van der Waals surface area contributed by atoms with Gasteiger partial charge in [0.25, 0.3) is 12.9 Å². The topological polar surface area (TPSA) is 47.6 Å². The van der Waals surface area contributed by atoms with Crippen molar-refractivity contribution in [2.75, 3.05) is 0 Å². The monoisotopic (exact) mass is 242 g/mol. The van der Waals surface area contributed by atoms with Gasteiger partial charge in [0.1, 0.15) is 0 Å². The highest BCUT2D eigenvalue weighted by molar-refractivity contribution is 5.52. The van der Waals surface area contributed by atoms with Crippen LogP contribution in [0.1, 0.15) is 0 Å². The van der Waals surface area contributed by atoms with Crippen LogP contribution in [0.5, 0.6) is 0 Å². The van der Waals surface area contributed by atoms with E-state index in [1.807, 2.05) is 0 Å². The third-order valence-corrected chi connectivity index (χ3v) is 3.27. The zero-order chi connectivity index (χ0) is 12.8. The zero-order valence-corrected chi connectivity index (χ0v) is 8.37. The van der Waals surface area contributed by atoms with E-state index >= 15 is 0 Å². The van der Waals surface area contributed by atoms with E-state index in [0.717, 1.165) is 12.2 Å². The molecule has 2 aliphatic carbocycles. The summed E-state index contributed by atoms with van der Waals surface area (Å²) >= 11 is 0. The SMILES string of the molecule is N#CC1(C#N)[C@@H]2C(C(F)F)=CC=C(C(F)F)[C@@H]21. The largest absolute Gasteiger partial charge is 0.260 e. The van der Waals surface area contributed by atoms with Gasteiger partial charge in [0, 0.05) is 23.0 Å². The van der Waals surface area contributed by atoms with Gasteiger partial charge >= 0.3 is 0 Å². The van der Waals surface area contributed by atoms with Gasteiger partial charge in [0.05, 0.1) is 12.1 Å². The van der Waals surface area contributed by atoms with Crippen LogP contribution in [0.2, 0.25) is 0 Å². The molecular weight excluding hydrogens is 236 g/mol. The van der Waals surface area contributed by atoms with Crippen LogP contribution in [0, 0.1) is 39.9 Å². The second-order valence-electron chi connectivity index (χ2n) is 3.98. The van der Waals surface area contributed by atoms with Crippen molar-refractivity contribution in [3.63, 3.8) is 0 Å². The smallest absolute Gasteiger partial charge is 0.205 e. The maximum atomic E-state index is 12.6. The molecule has 2 aliphatic rings. The molecule has 0 aromatic heterocycles. The zero-order valence-electron chi connectivity index (χ0n) is 8.37. The van der Waals surface area contributed by atoms with E-state index in [1.54, 1.807) is 12.1 Å². The third kappa shape index (κ3) is 1.37. The highest BCUT2D eigenvalue weighted by Crippen LogP contribution is 2.67. The molecule has 2 nitrogen and oxygen atoms in total. The van der Waals surface area contributed by atoms with Gasteiger partial charge in [-0.05, 0) is 0 Å². The van der Waals surface area contributed by atoms with Gasteiger partial charge < -0.3 is 0 Å². The van der Waals surface area contributed by atoms with Crippen LogP contribution >= 0.6 is 0 Å². The van der Waals surface area contributed by atoms with Gasteiger partial charge in [-0.15, -0.1) is 0 Å². The van der Waals surface area contributed by atoms with Crippen molar-refractivity contribution in [1.82, 2.24) is 0 Å². The Bertz CT molecular complexity index is 447. The molecule has 0 amide bonds. The van der Waals surface area contributed by atoms with E-state index in [2.05, 4.69) is 0 Å². The summed E-state index contributed by atoms with van der Waals surface area (Å²) in [6, 6.07) is 3.21. The maximum absolute atomic E-state index is 12.6. The normalized spacial score (nSPS) is 28.9. The summed E-state index contributed by atoms with van der Waals surface area (Å²) in [6.45, 7) is 0. The molecule has 1 fully saturated rings. The van der Waals surface area contributed by atoms with Crippen molar-refractivity contribution >= 4 is 0 Å². The predicted molar refractivity (Wildman–Crippen MR) is 48.8 cm³/mol. The number of hydrogen-bond acceptors (Lipinski definition) is 2. The molecule has 2 rings (SSSR count). The standard InChI is InChI=1S/C11H6F4N2/c12-9(13)5-1-2-6(10(14)15)8-7(5)11(8,3-16)4-17/h1-2,7-10H/t7-,8+. The van der Waals surface area contributed by atoms with Crippen molar-refractivity contribution in [3.8, 4) is 12.1 Å². The van der Waals surface area contributed by atoms with Crippen molar-refractivity contribution in [2.24, 2.45) is 17.3 Å². The van der Waals surface area contributed by atoms with Crippen LogP contribution in [0.25, 0.3) is 0 Å². The average Bonchev–Trinajstić information content (AvgIpc) is 2.96. The molecule has 0 radical (unpaired) electrons. The van der Waals surface area contributed by atoms with E-state index in [-0.39, 0.29) is 0 Å². The molecule has 0 heterocycles. The lowest BCUT2D eigenvalue weighted by molar-refractivity contribution is 0.171. The lowest BCUT2D eigenvalue weighted by Crippen LogP contribution is -2.09. The lowest BCUT2D eigenvalue weighted by Gasteiger charge is -2.11. The Hall–Kier alpha value is -1.82. The molecule has 0 aliphatic heterocycles. The van der Waals surface area contributed by atoms with Crippen molar-refractivity contribution in [1.29, 1.82) is 10.5 Å². The van der Waals surface area contributed by atoms with E-state index in [9.17, 15) is 17.6 Å². The van der Waals surface area contributed by atoms with Gasteiger partial charge in [0.2, 0.25) is 0 Å². The molecule has 1 saturated carbocycles. The molecule has 88 valence electrons. The highest BCUT2D eigenvalue weighted by atomic mass is 19.3. The molecule has 2 atom stereocenters. The Morgan fingerprint density at radius 1 is 0.941 bits per heavy atom. The molecule has 0 spiro atoms. The Morgan fingerprint density at radius 3 is 1.53 bits per heavy atom. The summed E-state index contributed by atoms with van der Waals surface area (Å²) in [7, 11) is 0. The first-order valence-electron chi connectivity index (χ1n) is 4.80. The first-order chi connectivity index (χ1) is 7.99. The fourth-order valence-electron chi connectivity index (χ4n) is 2.42. The van der Waals surface area contributed by atoms with Crippen LogP contribution in [0.4, 0.5) is 17.6 Å². The fraction of sp³-hybridized carbons (Fsp3) is 0.455. The van der Waals surface area contributed by atoms with Crippen molar-refractivity contribution < 1.29 is 17.6 Å². The van der Waals surface area contributed by atoms with Gasteiger partial charge in [0.15, 0.2) is 5.41 Å². The van der Waals surface area contributed by atoms with E-state index in [4.69, 9.17) is 10.5 Å². The number of hydrogen-bond donors (Lipinski definition) is 0. The van der Waals surface area contributed by atoms with Gasteiger partial charge in [-0.1, -0.05) is 12.2 Å². The predicted octanol–water partition coefficient (Wildman–Crippen LogP) is 2.66. The van der Waals surface area contributed by atoms with Crippen molar-refractivity contribution in [3.05, 3.63) is 23.3 Å². The van der Waals surface area contributed by atoms with Crippen LogP contribution in [-0.2, 0) is 0 Å². The Morgan fingerprint density at radius 2 is 1.29 bits per heavy atom. The number of allylic oxidation sites excluding steroid dienone is 4. The molecule has 0 unspecified atom stereocenters. The molecule has 0 aromatic rings. The maximum Gasteiger partial charge on any atom is 0.260 e. The second-order valence-corrected chi connectivity index (χ2v) is 3.98. The second kappa shape index (κ2) is 3.59. The van der Waals surface area contributed by atoms with Crippen LogP contribution < -0.4 is 0 Å². The van der Waals surface area contributed by atoms with Gasteiger partial charge in [-0.3, -0.25) is 0 Å². The quantitative estimate of drug-likeness (QED) is 0.699. The van der Waals surface area contributed by atoms with Gasteiger partial charge in [-0.25, -0.2) is 17.6 Å². The number of halogens is 4. The summed E-state index contributed by atoms with van der Waals surface area (Å²) in [5.41, 5.74) is -2.55. The summed E-state index contributed by atoms with van der Waals surface area (Å²) in [5.74, 6) is -2.18. The Kier molecular flexibility index (Phi) is 2.46. The van der Waals surface area contributed by atoms with Crippen LogP contribution in [0.3, 0.4) is 0 Å².